The topological polar surface area (TPSA) is 84.0 Å². The lowest BCUT2D eigenvalue weighted by Crippen LogP contribution is -2.44. The summed E-state index contributed by atoms with van der Waals surface area (Å²) in [6.45, 7) is 7.99. The fraction of sp³-hybridized carbons (Fsp3) is 0.579. The van der Waals surface area contributed by atoms with Crippen LogP contribution in [0.4, 0.5) is 0 Å². The minimum absolute atomic E-state index is 0.0288. The predicted octanol–water partition coefficient (Wildman–Crippen LogP) is 2.93. The van der Waals surface area contributed by atoms with Crippen LogP contribution in [0.3, 0.4) is 0 Å². The number of carbonyl (C=O) groups is 2. The van der Waals surface area contributed by atoms with Crippen molar-refractivity contribution >= 4 is 33.5 Å². The zero-order chi connectivity index (χ0) is 21.1. The number of ether oxygens (including phenoxy) is 1. The highest BCUT2D eigenvalue weighted by Crippen LogP contribution is 2.28. The number of carbonyl (C=O) groups excluding carboxylic acids is 2. The van der Waals surface area contributed by atoms with E-state index < -0.39 is 22.6 Å². The number of halogens is 1. The lowest BCUT2D eigenvalue weighted by molar-refractivity contribution is -0.138. The second-order valence-electron chi connectivity index (χ2n) is 7.32. The minimum Gasteiger partial charge on any atom is -0.452 e. The van der Waals surface area contributed by atoms with Crippen molar-refractivity contribution in [3.8, 4) is 0 Å². The Labute approximate surface area is 171 Å². The maximum atomic E-state index is 12.8. The number of rotatable bonds is 7. The van der Waals surface area contributed by atoms with E-state index in [0.29, 0.717) is 13.1 Å². The molecule has 1 fully saturated rings. The quantitative estimate of drug-likeness (QED) is 0.621. The van der Waals surface area contributed by atoms with Crippen LogP contribution in [0.5, 0.6) is 0 Å². The molecule has 0 spiro atoms. The van der Waals surface area contributed by atoms with Crippen LogP contribution in [0, 0.1) is 0 Å². The Balaban J connectivity index is 2.15. The van der Waals surface area contributed by atoms with Crippen LogP contribution in [-0.4, -0.2) is 61.3 Å². The normalized spacial score (nSPS) is 15.2. The SMILES string of the molecule is CC(C)N(C(=O)COC(=O)c1ccc(Cl)c(S(=O)(=O)N2CCCC2)c1)C(C)C. The molecule has 1 aliphatic rings. The van der Waals surface area contributed by atoms with Crippen LogP contribution in [0.2, 0.25) is 5.02 Å². The van der Waals surface area contributed by atoms with Gasteiger partial charge in [-0.2, -0.15) is 4.31 Å². The van der Waals surface area contributed by atoms with E-state index in [4.69, 9.17) is 16.3 Å². The molecular weight excluding hydrogens is 404 g/mol. The van der Waals surface area contributed by atoms with E-state index in [1.165, 1.54) is 22.5 Å². The second kappa shape index (κ2) is 9.24. The van der Waals surface area contributed by atoms with E-state index in [-0.39, 0.29) is 33.5 Å². The van der Waals surface area contributed by atoms with Crippen molar-refractivity contribution in [3.63, 3.8) is 0 Å². The summed E-state index contributed by atoms with van der Waals surface area (Å²) in [6, 6.07) is 3.90. The number of esters is 1. The molecule has 2 rings (SSSR count). The maximum absolute atomic E-state index is 12.8. The zero-order valence-electron chi connectivity index (χ0n) is 16.6. The van der Waals surface area contributed by atoms with Gasteiger partial charge in [-0.3, -0.25) is 4.79 Å². The molecule has 28 heavy (non-hydrogen) atoms. The molecule has 156 valence electrons. The van der Waals surface area contributed by atoms with Gasteiger partial charge in [0, 0.05) is 25.2 Å². The highest BCUT2D eigenvalue weighted by molar-refractivity contribution is 7.89. The van der Waals surface area contributed by atoms with Crippen LogP contribution >= 0.6 is 11.6 Å². The Kier molecular flexibility index (Phi) is 7.47. The Morgan fingerprint density at radius 3 is 2.25 bits per heavy atom. The maximum Gasteiger partial charge on any atom is 0.338 e. The average molecular weight is 431 g/mol. The van der Waals surface area contributed by atoms with Gasteiger partial charge in [-0.05, 0) is 58.7 Å². The molecule has 1 heterocycles. The van der Waals surface area contributed by atoms with Gasteiger partial charge < -0.3 is 9.64 Å². The van der Waals surface area contributed by atoms with Gasteiger partial charge in [0.05, 0.1) is 10.6 Å². The van der Waals surface area contributed by atoms with Crippen molar-refractivity contribution in [3.05, 3.63) is 28.8 Å². The van der Waals surface area contributed by atoms with E-state index in [0.717, 1.165) is 12.8 Å². The van der Waals surface area contributed by atoms with Crippen molar-refractivity contribution in [2.75, 3.05) is 19.7 Å². The number of nitrogens with zero attached hydrogens (tertiary/aromatic N) is 2. The molecule has 0 unspecified atom stereocenters. The highest BCUT2D eigenvalue weighted by Gasteiger charge is 2.30. The molecule has 9 heteroatoms. The van der Waals surface area contributed by atoms with Crippen LogP contribution in [0.15, 0.2) is 23.1 Å². The van der Waals surface area contributed by atoms with Gasteiger partial charge >= 0.3 is 5.97 Å². The van der Waals surface area contributed by atoms with Gasteiger partial charge in [0.1, 0.15) is 4.90 Å². The summed E-state index contributed by atoms with van der Waals surface area (Å²) in [5.41, 5.74) is 0.0376. The summed E-state index contributed by atoms with van der Waals surface area (Å²) in [6.07, 6.45) is 1.59. The third-order valence-corrected chi connectivity index (χ3v) is 6.96. The molecule has 7 nitrogen and oxygen atoms in total. The third kappa shape index (κ3) is 5.04. The highest BCUT2D eigenvalue weighted by atomic mass is 35.5. The Morgan fingerprint density at radius 1 is 1.14 bits per heavy atom. The molecule has 1 saturated heterocycles. The fourth-order valence-corrected chi connectivity index (χ4v) is 5.37. The van der Waals surface area contributed by atoms with Gasteiger partial charge in [-0.25, -0.2) is 13.2 Å². The van der Waals surface area contributed by atoms with Crippen molar-refractivity contribution < 1.29 is 22.7 Å². The summed E-state index contributed by atoms with van der Waals surface area (Å²) in [4.78, 5) is 26.2. The van der Waals surface area contributed by atoms with Crippen LogP contribution in [0.1, 0.15) is 50.9 Å². The second-order valence-corrected chi connectivity index (χ2v) is 9.63. The number of amides is 1. The first kappa shape index (κ1) is 22.6. The number of hydrogen-bond acceptors (Lipinski definition) is 5. The van der Waals surface area contributed by atoms with Crippen molar-refractivity contribution in [1.29, 1.82) is 0 Å². The van der Waals surface area contributed by atoms with Gasteiger partial charge in [-0.1, -0.05) is 11.6 Å². The lowest BCUT2D eigenvalue weighted by atomic mass is 10.2. The van der Waals surface area contributed by atoms with Gasteiger partial charge in [0.2, 0.25) is 10.0 Å². The third-order valence-electron chi connectivity index (χ3n) is 4.58. The summed E-state index contributed by atoms with van der Waals surface area (Å²) < 4.78 is 32.0. The van der Waals surface area contributed by atoms with Crippen molar-refractivity contribution in [1.82, 2.24) is 9.21 Å². The van der Waals surface area contributed by atoms with E-state index in [2.05, 4.69) is 0 Å². The lowest BCUT2D eigenvalue weighted by Gasteiger charge is -2.30. The summed E-state index contributed by atoms with van der Waals surface area (Å²) in [5.74, 6) is -1.08. The monoisotopic (exact) mass is 430 g/mol. The molecular formula is C19H27ClN2O5S. The first-order valence-electron chi connectivity index (χ1n) is 9.33. The number of hydrogen-bond donors (Lipinski definition) is 0. The fourth-order valence-electron chi connectivity index (χ4n) is 3.35. The van der Waals surface area contributed by atoms with Crippen LogP contribution < -0.4 is 0 Å². The molecule has 1 amide bonds. The first-order chi connectivity index (χ1) is 13.1. The smallest absolute Gasteiger partial charge is 0.338 e. The average Bonchev–Trinajstić information content (AvgIpc) is 3.14. The summed E-state index contributed by atoms with van der Waals surface area (Å²) >= 11 is 6.08. The van der Waals surface area contributed by atoms with E-state index in [1.54, 1.807) is 4.90 Å². The van der Waals surface area contributed by atoms with E-state index >= 15 is 0 Å². The number of benzene rings is 1. The molecule has 0 bridgehead atoms. The van der Waals surface area contributed by atoms with Gasteiger partial charge in [0.15, 0.2) is 6.61 Å². The molecule has 0 saturated carbocycles. The zero-order valence-corrected chi connectivity index (χ0v) is 18.2. The molecule has 1 aromatic carbocycles. The largest absolute Gasteiger partial charge is 0.452 e. The molecule has 1 aromatic rings. The minimum atomic E-state index is -3.77. The molecule has 0 radical (unpaired) electrons. The Morgan fingerprint density at radius 2 is 1.71 bits per heavy atom. The predicted molar refractivity (Wildman–Crippen MR) is 107 cm³/mol. The Hall–Kier alpha value is -1.64. The standard InChI is InChI=1S/C19H27ClN2O5S/c1-13(2)22(14(3)4)18(23)12-27-19(24)15-7-8-16(20)17(11-15)28(25,26)21-9-5-6-10-21/h7-8,11,13-14H,5-6,9-10,12H2,1-4H3. The van der Waals surface area contributed by atoms with E-state index in [1.807, 2.05) is 27.7 Å². The summed E-state index contributed by atoms with van der Waals surface area (Å²) in [7, 11) is -3.77. The van der Waals surface area contributed by atoms with Gasteiger partial charge in [-0.15, -0.1) is 0 Å². The molecule has 0 N–H and O–H groups in total. The van der Waals surface area contributed by atoms with E-state index in [9.17, 15) is 18.0 Å². The molecule has 1 aliphatic heterocycles. The van der Waals surface area contributed by atoms with Crippen molar-refractivity contribution in [2.45, 2.75) is 57.5 Å². The summed E-state index contributed by atoms with van der Waals surface area (Å²) in [5, 5.41) is 0.0466. The Bertz CT molecular complexity index is 825. The molecule has 0 atom stereocenters. The van der Waals surface area contributed by atoms with Crippen LogP contribution in [-0.2, 0) is 19.6 Å². The first-order valence-corrected chi connectivity index (χ1v) is 11.2. The molecule has 0 aliphatic carbocycles. The van der Waals surface area contributed by atoms with Gasteiger partial charge in [0.25, 0.3) is 5.91 Å². The number of sulfonamides is 1. The van der Waals surface area contributed by atoms with Crippen molar-refractivity contribution in [2.24, 2.45) is 0 Å². The van der Waals surface area contributed by atoms with Crippen LogP contribution in [0.25, 0.3) is 0 Å². The molecule has 0 aromatic heterocycles.